The van der Waals surface area contributed by atoms with Crippen LogP contribution in [0.3, 0.4) is 0 Å². The van der Waals surface area contributed by atoms with Crippen LogP contribution in [0.1, 0.15) is 57.6 Å². The fourth-order valence-corrected chi connectivity index (χ4v) is 8.49. The average Bonchev–Trinajstić information content (AvgIpc) is 3.77. The Balaban J connectivity index is 0.955. The van der Waals surface area contributed by atoms with Crippen molar-refractivity contribution in [3.05, 3.63) is 48.6 Å². The van der Waals surface area contributed by atoms with Gasteiger partial charge in [0.15, 0.2) is 5.82 Å². The number of rotatable bonds is 9. The third kappa shape index (κ3) is 5.67. The summed E-state index contributed by atoms with van der Waals surface area (Å²) in [7, 11) is 0. The van der Waals surface area contributed by atoms with Gasteiger partial charge in [-0.3, -0.25) is 9.80 Å². The van der Waals surface area contributed by atoms with E-state index in [1.54, 1.807) is 18.6 Å². The Labute approximate surface area is 264 Å². The maximum atomic E-state index is 14.5. The summed E-state index contributed by atoms with van der Waals surface area (Å²) in [6, 6.07) is 5.93. The summed E-state index contributed by atoms with van der Waals surface area (Å²) >= 11 is 0. The van der Waals surface area contributed by atoms with Crippen LogP contribution in [-0.2, 0) is 4.74 Å². The van der Waals surface area contributed by atoms with Crippen LogP contribution in [0.5, 0.6) is 11.6 Å². The van der Waals surface area contributed by atoms with Crippen molar-refractivity contribution in [2.24, 2.45) is 17.3 Å². The minimum Gasteiger partial charge on any atom is -0.434 e. The molecule has 238 valence electrons. The van der Waals surface area contributed by atoms with E-state index in [1.807, 2.05) is 0 Å². The number of halogens is 1. The molecule has 3 aromatic rings. The van der Waals surface area contributed by atoms with E-state index in [2.05, 4.69) is 53.7 Å². The predicted molar refractivity (Wildman–Crippen MR) is 168 cm³/mol. The van der Waals surface area contributed by atoms with Gasteiger partial charge in [-0.1, -0.05) is 13.8 Å². The largest absolute Gasteiger partial charge is 0.434 e. The highest BCUT2D eigenvalue weighted by Gasteiger charge is 2.53. The van der Waals surface area contributed by atoms with E-state index in [0.717, 1.165) is 95.0 Å². The lowest BCUT2D eigenvalue weighted by Gasteiger charge is -2.58. The van der Waals surface area contributed by atoms with Gasteiger partial charge in [-0.15, -0.1) is 10.2 Å². The van der Waals surface area contributed by atoms with Crippen LogP contribution >= 0.6 is 0 Å². The van der Waals surface area contributed by atoms with Crippen LogP contribution in [0, 0.1) is 23.1 Å². The minimum absolute atomic E-state index is 0.254. The molecule has 1 aromatic carbocycles. The monoisotopic (exact) mass is 614 g/mol. The third-order valence-corrected chi connectivity index (χ3v) is 10.8. The molecule has 3 aliphatic heterocycles. The van der Waals surface area contributed by atoms with Crippen molar-refractivity contribution >= 4 is 5.82 Å². The molecular weight excluding hydrogens is 571 g/mol. The zero-order valence-electron chi connectivity index (χ0n) is 26.3. The molecule has 2 aliphatic carbocycles. The lowest BCUT2D eigenvalue weighted by molar-refractivity contribution is -0.0890. The number of morpholine rings is 1. The summed E-state index contributed by atoms with van der Waals surface area (Å²) in [6.45, 7) is 12.8. The average molecular weight is 615 g/mol. The second kappa shape index (κ2) is 11.8. The van der Waals surface area contributed by atoms with Gasteiger partial charge in [0.25, 0.3) is 5.88 Å². The first-order valence-corrected chi connectivity index (χ1v) is 16.7. The minimum atomic E-state index is -0.338. The lowest BCUT2D eigenvalue weighted by atomic mass is 9.68. The van der Waals surface area contributed by atoms with Crippen LogP contribution < -0.4 is 9.64 Å². The summed E-state index contributed by atoms with van der Waals surface area (Å²) in [4.78, 5) is 21.1. The normalized spacial score (nSPS) is 25.7. The highest BCUT2D eigenvalue weighted by atomic mass is 19.1. The first-order valence-electron chi connectivity index (χ1n) is 16.7. The van der Waals surface area contributed by atoms with Gasteiger partial charge < -0.3 is 14.4 Å². The van der Waals surface area contributed by atoms with Gasteiger partial charge in [0.1, 0.15) is 24.2 Å². The van der Waals surface area contributed by atoms with E-state index in [4.69, 9.17) is 9.47 Å². The van der Waals surface area contributed by atoms with Gasteiger partial charge in [-0.25, -0.2) is 19.3 Å². The highest BCUT2D eigenvalue weighted by molar-refractivity contribution is 5.73. The Morgan fingerprint density at radius 2 is 1.82 bits per heavy atom. The van der Waals surface area contributed by atoms with Crippen LogP contribution in [0.15, 0.2) is 37.1 Å². The quantitative estimate of drug-likeness (QED) is 0.335. The summed E-state index contributed by atoms with van der Waals surface area (Å²) in [5, 5.41) is 8.43. The Bertz CT molecular complexity index is 1520. The van der Waals surface area contributed by atoms with Gasteiger partial charge >= 0.3 is 0 Å². The molecule has 0 amide bonds. The van der Waals surface area contributed by atoms with Crippen LogP contribution in [0.25, 0.3) is 11.1 Å². The Kier molecular flexibility index (Phi) is 7.66. The fourth-order valence-electron chi connectivity index (χ4n) is 8.49. The number of ether oxygens (including phenoxy) is 2. The number of aromatic nitrogens is 5. The predicted octanol–water partition coefficient (Wildman–Crippen LogP) is 4.78. The fraction of sp³-hybridized carbons (Fsp3) is 0.618. The molecule has 5 aliphatic rings. The standard InChI is InChI=1S/C34H43FN8O2/c1-22(2)31(24-13-26(14-24)41-9-11-44-12-10-41)43-18-34(19-43)7-8-42(17-34)32-33(40-39-21-38-32)45-29-6-5-25(35)15-27(29)28-16-36-20-37-30(28)23-3-4-23/h5-6,15-16,20-24,26,31H,3-4,7-14,17-19H2,1-2H3. The molecule has 10 nitrogen and oxygen atoms in total. The number of hydrogen-bond acceptors (Lipinski definition) is 10. The zero-order chi connectivity index (χ0) is 30.5. The molecule has 1 spiro atoms. The van der Waals surface area contributed by atoms with Crippen LogP contribution in [0.4, 0.5) is 10.2 Å². The van der Waals surface area contributed by atoms with Gasteiger partial charge in [0, 0.05) is 80.0 Å². The molecule has 8 rings (SSSR count). The van der Waals surface area contributed by atoms with Crippen molar-refractivity contribution in [3.63, 3.8) is 0 Å². The highest BCUT2D eigenvalue weighted by Crippen LogP contribution is 2.49. The molecule has 45 heavy (non-hydrogen) atoms. The molecule has 5 heterocycles. The van der Waals surface area contributed by atoms with Crippen LogP contribution in [-0.4, -0.2) is 99.5 Å². The Hall–Kier alpha value is -3.28. The number of nitrogens with zero attached hydrogens (tertiary/aromatic N) is 8. The second-order valence-corrected chi connectivity index (χ2v) is 14.3. The molecule has 2 saturated carbocycles. The third-order valence-electron chi connectivity index (χ3n) is 10.8. The molecule has 0 N–H and O–H groups in total. The summed E-state index contributed by atoms with van der Waals surface area (Å²) < 4.78 is 26.5. The number of likely N-dealkylation sites (tertiary alicyclic amines) is 1. The Morgan fingerprint density at radius 3 is 2.60 bits per heavy atom. The first-order chi connectivity index (χ1) is 22.0. The van der Waals surface area contributed by atoms with Gasteiger partial charge in [0.2, 0.25) is 0 Å². The van der Waals surface area contributed by atoms with E-state index in [9.17, 15) is 4.39 Å². The van der Waals surface area contributed by atoms with E-state index < -0.39 is 0 Å². The molecule has 5 fully saturated rings. The molecular formula is C34H43FN8O2. The number of benzene rings is 1. The molecule has 11 heteroatoms. The van der Waals surface area contributed by atoms with E-state index in [1.165, 1.54) is 31.3 Å². The van der Waals surface area contributed by atoms with Crippen molar-refractivity contribution < 1.29 is 13.9 Å². The molecule has 2 aromatic heterocycles. The van der Waals surface area contributed by atoms with Crippen molar-refractivity contribution in [2.45, 2.75) is 64.0 Å². The molecule has 0 bridgehead atoms. The van der Waals surface area contributed by atoms with Gasteiger partial charge in [-0.05, 0) is 62.1 Å². The van der Waals surface area contributed by atoms with E-state index >= 15 is 0 Å². The Morgan fingerprint density at radius 1 is 1.00 bits per heavy atom. The zero-order valence-corrected chi connectivity index (χ0v) is 26.3. The smallest absolute Gasteiger partial charge is 0.282 e. The maximum absolute atomic E-state index is 14.5. The van der Waals surface area contributed by atoms with Crippen molar-refractivity contribution in [2.75, 3.05) is 57.4 Å². The van der Waals surface area contributed by atoms with Gasteiger partial charge in [0.05, 0.1) is 18.9 Å². The SMILES string of the molecule is CC(C)C(C1CC(N2CCOCC2)C1)N1CC2(CCN(c3ncnnc3Oc3ccc(F)cc3-c3cncnc3C3CC3)C2)C1. The maximum Gasteiger partial charge on any atom is 0.282 e. The van der Waals surface area contributed by atoms with Crippen LogP contribution in [0.2, 0.25) is 0 Å². The number of anilines is 1. The first kappa shape index (κ1) is 29.1. The summed E-state index contributed by atoms with van der Waals surface area (Å²) in [6.07, 6.45) is 10.7. The second-order valence-electron chi connectivity index (χ2n) is 14.3. The summed E-state index contributed by atoms with van der Waals surface area (Å²) in [5.41, 5.74) is 2.61. The molecule has 1 unspecified atom stereocenters. The van der Waals surface area contributed by atoms with Gasteiger partial charge in [-0.2, -0.15) is 0 Å². The van der Waals surface area contributed by atoms with Crippen molar-refractivity contribution in [3.8, 4) is 22.8 Å². The molecule has 0 radical (unpaired) electrons. The lowest BCUT2D eigenvalue weighted by Crippen LogP contribution is -2.65. The van der Waals surface area contributed by atoms with Crippen molar-refractivity contribution in [1.29, 1.82) is 0 Å². The van der Waals surface area contributed by atoms with Crippen molar-refractivity contribution in [1.82, 2.24) is 34.9 Å². The van der Waals surface area contributed by atoms with E-state index in [-0.39, 0.29) is 11.2 Å². The van der Waals surface area contributed by atoms with E-state index in [0.29, 0.717) is 40.9 Å². The topological polar surface area (TPSA) is 92.6 Å². The summed E-state index contributed by atoms with van der Waals surface area (Å²) in [5.74, 6) is 2.98. The molecule has 3 saturated heterocycles. The molecule has 1 atom stereocenters. The number of hydrogen-bond donors (Lipinski definition) is 0.